The second-order valence-corrected chi connectivity index (χ2v) is 7.67. The van der Waals surface area contributed by atoms with Crippen LogP contribution in [0.25, 0.3) is 0 Å². The van der Waals surface area contributed by atoms with Crippen LogP contribution in [0.4, 0.5) is 5.95 Å². The number of likely N-dealkylation sites (tertiary alicyclic amines) is 1. The van der Waals surface area contributed by atoms with Crippen molar-refractivity contribution in [2.45, 2.75) is 39.7 Å². The minimum Gasteiger partial charge on any atom is -0.491 e. The van der Waals surface area contributed by atoms with Crippen molar-refractivity contribution in [1.82, 2.24) is 19.9 Å². The molecular formula is C21H27N5O2. The lowest BCUT2D eigenvalue weighted by Crippen LogP contribution is -2.65. The van der Waals surface area contributed by atoms with Crippen LogP contribution in [-0.4, -0.2) is 58.0 Å². The van der Waals surface area contributed by atoms with Gasteiger partial charge in [0, 0.05) is 43.1 Å². The number of piperidine rings is 1. The molecule has 0 unspecified atom stereocenters. The van der Waals surface area contributed by atoms with Crippen LogP contribution >= 0.6 is 0 Å². The largest absolute Gasteiger partial charge is 0.491 e. The quantitative estimate of drug-likeness (QED) is 0.793. The number of hydrogen-bond acceptors (Lipinski definition) is 6. The molecule has 0 spiro atoms. The molecule has 7 heteroatoms. The average molecular weight is 381 g/mol. The van der Waals surface area contributed by atoms with Gasteiger partial charge in [0.05, 0.1) is 12.6 Å². The summed E-state index contributed by atoms with van der Waals surface area (Å²) in [6.07, 6.45) is 3.54. The molecule has 0 N–H and O–H groups in total. The maximum Gasteiger partial charge on any atom is 0.276 e. The molecule has 0 radical (unpaired) electrons. The van der Waals surface area contributed by atoms with Gasteiger partial charge in [-0.15, -0.1) is 0 Å². The molecular weight excluding hydrogens is 354 g/mol. The molecule has 0 bridgehead atoms. The highest BCUT2D eigenvalue weighted by atomic mass is 16.5. The van der Waals surface area contributed by atoms with Crippen LogP contribution in [0.2, 0.25) is 0 Å². The van der Waals surface area contributed by atoms with Crippen molar-refractivity contribution < 1.29 is 9.53 Å². The summed E-state index contributed by atoms with van der Waals surface area (Å²) in [6, 6.07) is 5.87. The van der Waals surface area contributed by atoms with E-state index in [0.717, 1.165) is 43.3 Å². The molecule has 2 aromatic rings. The van der Waals surface area contributed by atoms with E-state index in [0.29, 0.717) is 30.5 Å². The number of hydrogen-bond donors (Lipinski definition) is 0. The Hall–Kier alpha value is -2.70. The van der Waals surface area contributed by atoms with Gasteiger partial charge in [-0.05, 0) is 44.9 Å². The molecule has 1 amide bonds. The highest BCUT2D eigenvalue weighted by Gasteiger charge is 2.45. The fourth-order valence-electron chi connectivity index (χ4n) is 4.08. The van der Waals surface area contributed by atoms with Crippen LogP contribution in [0.15, 0.2) is 24.4 Å². The van der Waals surface area contributed by atoms with Crippen molar-refractivity contribution >= 4 is 11.9 Å². The van der Waals surface area contributed by atoms with Crippen LogP contribution in [-0.2, 0) is 0 Å². The Labute approximate surface area is 165 Å². The number of aromatic nitrogens is 3. The first-order chi connectivity index (χ1) is 13.6. The van der Waals surface area contributed by atoms with Crippen molar-refractivity contribution in [3.05, 3.63) is 41.5 Å². The Kier molecular flexibility index (Phi) is 5.15. The lowest BCUT2D eigenvalue weighted by molar-refractivity contribution is 0.0579. The van der Waals surface area contributed by atoms with Gasteiger partial charge in [0.2, 0.25) is 5.95 Å². The van der Waals surface area contributed by atoms with E-state index in [1.54, 1.807) is 12.3 Å². The van der Waals surface area contributed by atoms with Gasteiger partial charge >= 0.3 is 0 Å². The maximum atomic E-state index is 13.1. The number of aryl methyl sites for hydroxylation is 2. The molecule has 2 aliphatic heterocycles. The summed E-state index contributed by atoms with van der Waals surface area (Å²) in [6.45, 7) is 8.99. The zero-order valence-electron chi connectivity index (χ0n) is 16.8. The molecule has 0 aliphatic carbocycles. The lowest BCUT2D eigenvalue weighted by atomic mass is 9.82. The summed E-state index contributed by atoms with van der Waals surface area (Å²) in [7, 11) is 0. The monoisotopic (exact) mass is 381 g/mol. The Bertz CT molecular complexity index is 851. The van der Waals surface area contributed by atoms with Crippen LogP contribution < -0.4 is 9.64 Å². The van der Waals surface area contributed by atoms with Crippen molar-refractivity contribution in [3.8, 4) is 5.75 Å². The molecule has 2 fully saturated rings. The summed E-state index contributed by atoms with van der Waals surface area (Å²) < 4.78 is 5.74. The minimum atomic E-state index is -0.0571. The highest BCUT2D eigenvalue weighted by Crippen LogP contribution is 2.35. The van der Waals surface area contributed by atoms with E-state index in [4.69, 9.17) is 4.74 Å². The molecule has 4 heterocycles. The van der Waals surface area contributed by atoms with Crippen LogP contribution in [0, 0.1) is 19.8 Å². The summed E-state index contributed by atoms with van der Waals surface area (Å²) in [5, 5.41) is 0. The van der Waals surface area contributed by atoms with Gasteiger partial charge in [0.15, 0.2) is 11.4 Å². The van der Waals surface area contributed by atoms with Crippen LogP contribution in [0.5, 0.6) is 5.75 Å². The average Bonchev–Trinajstić information content (AvgIpc) is 2.66. The third-order valence-corrected chi connectivity index (χ3v) is 5.50. The van der Waals surface area contributed by atoms with E-state index in [2.05, 4.69) is 19.9 Å². The van der Waals surface area contributed by atoms with E-state index in [1.165, 1.54) is 0 Å². The van der Waals surface area contributed by atoms with Crippen LogP contribution in [0.3, 0.4) is 0 Å². The summed E-state index contributed by atoms with van der Waals surface area (Å²) in [5.41, 5.74) is 2.35. The van der Waals surface area contributed by atoms with Crippen LogP contribution in [0.1, 0.15) is 41.6 Å². The summed E-state index contributed by atoms with van der Waals surface area (Å²) in [5.74, 6) is 1.88. The molecule has 0 saturated carbocycles. The van der Waals surface area contributed by atoms with Gasteiger partial charge in [-0.3, -0.25) is 4.79 Å². The van der Waals surface area contributed by atoms with Crippen molar-refractivity contribution in [3.63, 3.8) is 0 Å². The molecule has 2 saturated heterocycles. The van der Waals surface area contributed by atoms with Gasteiger partial charge in [-0.1, -0.05) is 6.92 Å². The number of pyridine rings is 1. The maximum absolute atomic E-state index is 13.1. The topological polar surface area (TPSA) is 71.5 Å². The number of fused-ring (bicyclic) bond motifs is 1. The second-order valence-electron chi connectivity index (χ2n) is 7.67. The smallest absolute Gasteiger partial charge is 0.276 e. The number of anilines is 1. The Morgan fingerprint density at radius 2 is 2.04 bits per heavy atom. The summed E-state index contributed by atoms with van der Waals surface area (Å²) >= 11 is 0. The predicted octanol–water partition coefficient (Wildman–Crippen LogP) is 2.63. The molecule has 2 aliphatic rings. The molecule has 2 atom stereocenters. The molecule has 0 aromatic carbocycles. The molecule has 2 aromatic heterocycles. The highest BCUT2D eigenvalue weighted by molar-refractivity contribution is 5.95. The first kappa shape index (κ1) is 18.7. The Morgan fingerprint density at radius 3 is 2.79 bits per heavy atom. The van der Waals surface area contributed by atoms with E-state index in [9.17, 15) is 4.79 Å². The zero-order chi connectivity index (χ0) is 19.7. The first-order valence-electron chi connectivity index (χ1n) is 10.0. The SMILES string of the molecule is CCCOc1cccnc1C(=O)N1CC[C@H]2CN(c3nc(C)cc(C)n3)[C@H]2C1. The van der Waals surface area contributed by atoms with Gasteiger partial charge in [0.1, 0.15) is 0 Å². The minimum absolute atomic E-state index is 0.0571. The number of nitrogens with zero attached hydrogens (tertiary/aromatic N) is 5. The van der Waals surface area contributed by atoms with Gasteiger partial charge in [0.25, 0.3) is 5.91 Å². The number of carbonyl (C=O) groups excluding carboxylic acids is 1. The number of ether oxygens (including phenoxy) is 1. The van der Waals surface area contributed by atoms with E-state index < -0.39 is 0 Å². The van der Waals surface area contributed by atoms with E-state index in [-0.39, 0.29) is 11.9 Å². The van der Waals surface area contributed by atoms with Gasteiger partial charge < -0.3 is 14.5 Å². The molecule has 7 nitrogen and oxygen atoms in total. The van der Waals surface area contributed by atoms with Gasteiger partial charge in [-0.25, -0.2) is 15.0 Å². The van der Waals surface area contributed by atoms with Crippen molar-refractivity contribution in [2.75, 3.05) is 31.1 Å². The normalized spacial score (nSPS) is 21.1. The Morgan fingerprint density at radius 1 is 1.25 bits per heavy atom. The van der Waals surface area contributed by atoms with Crippen molar-refractivity contribution in [2.24, 2.45) is 5.92 Å². The molecule has 148 valence electrons. The number of rotatable bonds is 5. The van der Waals surface area contributed by atoms with Crippen molar-refractivity contribution in [1.29, 1.82) is 0 Å². The Balaban J connectivity index is 1.50. The fourth-order valence-corrected chi connectivity index (χ4v) is 4.08. The third-order valence-electron chi connectivity index (χ3n) is 5.50. The molecule has 28 heavy (non-hydrogen) atoms. The zero-order valence-corrected chi connectivity index (χ0v) is 16.8. The standard InChI is InChI=1S/C21H27N5O2/c1-4-10-28-18-6-5-8-22-19(18)20(27)25-9-7-16-12-26(17(16)13-25)21-23-14(2)11-15(3)24-21/h5-6,8,11,16-17H,4,7,9-10,12-13H2,1-3H3/t16-,17-/m0/s1. The van der Waals surface area contributed by atoms with E-state index >= 15 is 0 Å². The van der Waals surface area contributed by atoms with Gasteiger partial charge in [-0.2, -0.15) is 0 Å². The first-order valence-corrected chi connectivity index (χ1v) is 10.0. The fraction of sp³-hybridized carbons (Fsp3) is 0.524. The lowest BCUT2D eigenvalue weighted by Gasteiger charge is -2.53. The van der Waals surface area contributed by atoms with E-state index in [1.807, 2.05) is 37.8 Å². The third kappa shape index (κ3) is 3.53. The predicted molar refractivity (Wildman–Crippen MR) is 107 cm³/mol. The number of amides is 1. The summed E-state index contributed by atoms with van der Waals surface area (Å²) in [4.78, 5) is 30.8. The second kappa shape index (κ2) is 7.73. The number of carbonyl (C=O) groups is 1. The molecule has 4 rings (SSSR count).